The van der Waals surface area contributed by atoms with Crippen LogP contribution in [0.25, 0.3) is 11.3 Å². The summed E-state index contributed by atoms with van der Waals surface area (Å²) in [6.07, 6.45) is 0. The maximum absolute atomic E-state index is 14.1. The van der Waals surface area contributed by atoms with Crippen LogP contribution in [0.3, 0.4) is 0 Å². The van der Waals surface area contributed by atoms with Gasteiger partial charge in [0.05, 0.1) is 25.5 Å². The lowest BCUT2D eigenvalue weighted by atomic mass is 10.00. The lowest BCUT2D eigenvalue weighted by Gasteiger charge is -2.21. The molecule has 0 saturated heterocycles. The molecule has 0 spiro atoms. The molecule has 0 unspecified atom stereocenters. The number of rotatable bonds is 5. The third kappa shape index (κ3) is 3.55. The molecule has 7 heteroatoms. The molecule has 0 bridgehead atoms. The van der Waals surface area contributed by atoms with Crippen molar-refractivity contribution in [2.24, 2.45) is 0 Å². The first-order chi connectivity index (χ1) is 16.0. The molecule has 3 aromatic carbocycles. The van der Waals surface area contributed by atoms with Crippen molar-refractivity contribution in [3.63, 3.8) is 0 Å². The molecular formula is C26H23FN2O4. The number of amides is 1. The summed E-state index contributed by atoms with van der Waals surface area (Å²) in [5, 5.41) is 2.62. The summed E-state index contributed by atoms with van der Waals surface area (Å²) in [5.74, 6) is 1.17. The first-order valence-electron chi connectivity index (χ1n) is 10.5. The summed E-state index contributed by atoms with van der Waals surface area (Å²) < 4.78 is 30.9. The number of anilines is 2. The summed E-state index contributed by atoms with van der Waals surface area (Å²) in [7, 11) is 5.27. The van der Waals surface area contributed by atoms with E-state index < -0.39 is 5.82 Å². The van der Waals surface area contributed by atoms with Crippen LogP contribution < -0.4 is 19.7 Å². The second-order valence-corrected chi connectivity index (χ2v) is 7.98. The van der Waals surface area contributed by atoms with Crippen LogP contribution >= 0.6 is 0 Å². The summed E-state index contributed by atoms with van der Waals surface area (Å²) in [5.41, 5.74) is 4.94. The molecule has 0 saturated carbocycles. The van der Waals surface area contributed by atoms with E-state index in [2.05, 4.69) is 16.3 Å². The Labute approximate surface area is 191 Å². The van der Waals surface area contributed by atoms with E-state index in [1.165, 1.54) is 6.07 Å². The van der Waals surface area contributed by atoms with Crippen molar-refractivity contribution in [2.75, 3.05) is 31.5 Å². The highest BCUT2D eigenvalue weighted by molar-refractivity contribution is 6.36. The number of halogens is 1. The smallest absolute Gasteiger partial charge is 0.260 e. The van der Waals surface area contributed by atoms with E-state index in [0.717, 1.165) is 33.9 Å². The van der Waals surface area contributed by atoms with Crippen molar-refractivity contribution in [3.8, 4) is 11.5 Å². The predicted molar refractivity (Wildman–Crippen MR) is 125 cm³/mol. The Kier molecular flexibility index (Phi) is 5.17. The van der Waals surface area contributed by atoms with Gasteiger partial charge in [-0.05, 0) is 36.4 Å². The Hall–Kier alpha value is -4.00. The van der Waals surface area contributed by atoms with Gasteiger partial charge >= 0.3 is 0 Å². The van der Waals surface area contributed by atoms with Crippen molar-refractivity contribution in [2.45, 2.75) is 13.2 Å². The van der Waals surface area contributed by atoms with E-state index in [-0.39, 0.29) is 11.6 Å². The highest BCUT2D eigenvalue weighted by Gasteiger charge is 2.34. The fourth-order valence-electron chi connectivity index (χ4n) is 4.31. The zero-order valence-electron chi connectivity index (χ0n) is 18.6. The molecule has 0 fully saturated rings. The summed E-state index contributed by atoms with van der Waals surface area (Å²) in [4.78, 5) is 14.7. The Morgan fingerprint density at radius 2 is 1.91 bits per heavy atom. The molecule has 3 aromatic rings. The molecule has 2 aliphatic rings. The summed E-state index contributed by atoms with van der Waals surface area (Å²) in [6.45, 7) is 0.982. The van der Waals surface area contributed by atoms with Crippen LogP contribution in [0.4, 0.5) is 15.8 Å². The van der Waals surface area contributed by atoms with Gasteiger partial charge in [0.1, 0.15) is 29.7 Å². The number of carbonyl (C=O) groups excluding carboxylic acids is 1. The minimum Gasteiger partial charge on any atom is -0.497 e. The second-order valence-electron chi connectivity index (χ2n) is 7.98. The third-order valence-electron chi connectivity index (χ3n) is 6.02. The topological polar surface area (TPSA) is 60.0 Å². The second kappa shape index (κ2) is 8.16. The molecule has 0 atom stereocenters. The first kappa shape index (κ1) is 20.9. The van der Waals surface area contributed by atoms with Crippen molar-refractivity contribution in [1.82, 2.24) is 0 Å². The summed E-state index contributed by atoms with van der Waals surface area (Å²) in [6, 6.07) is 16.4. The van der Waals surface area contributed by atoms with Crippen molar-refractivity contribution >= 4 is 28.6 Å². The molecule has 0 aromatic heterocycles. The molecular weight excluding hydrogens is 423 g/mol. The number of nitrogens with zero attached hydrogens (tertiary/aromatic N) is 1. The lowest BCUT2D eigenvalue weighted by molar-refractivity contribution is -0.110. The fraction of sp³-hybridized carbons (Fsp3) is 0.192. The minimum absolute atomic E-state index is 0.201. The molecule has 6 nitrogen and oxygen atoms in total. The number of carbonyl (C=O) groups is 1. The van der Waals surface area contributed by atoms with Crippen molar-refractivity contribution < 1.29 is 23.4 Å². The average molecular weight is 446 g/mol. The van der Waals surface area contributed by atoms with E-state index in [1.807, 2.05) is 37.4 Å². The highest BCUT2D eigenvalue weighted by Crippen LogP contribution is 2.43. The number of nitrogens with one attached hydrogen (secondary N) is 1. The minimum atomic E-state index is -0.458. The SMILES string of the molecule is COc1ccc(CN(C)c2ccc3c(c2)COC3=C2C(=O)Nc3c(F)cccc32)c(OC)c1. The maximum Gasteiger partial charge on any atom is 0.260 e. The number of hydrogen-bond donors (Lipinski definition) is 1. The third-order valence-corrected chi connectivity index (χ3v) is 6.02. The van der Waals surface area contributed by atoms with Gasteiger partial charge in [-0.25, -0.2) is 4.39 Å². The van der Waals surface area contributed by atoms with Gasteiger partial charge in [0.25, 0.3) is 5.91 Å². The normalized spacial score (nSPS) is 16.1. The van der Waals surface area contributed by atoms with Gasteiger partial charge in [-0.15, -0.1) is 0 Å². The Morgan fingerprint density at radius 1 is 1.06 bits per heavy atom. The quantitative estimate of drug-likeness (QED) is 0.569. The molecule has 168 valence electrons. The number of benzene rings is 3. The van der Waals surface area contributed by atoms with Gasteiger partial charge in [0.15, 0.2) is 0 Å². The van der Waals surface area contributed by atoms with Crippen LogP contribution in [0, 0.1) is 5.82 Å². The Bertz CT molecular complexity index is 1300. The molecule has 2 aliphatic heterocycles. The average Bonchev–Trinajstić information content (AvgIpc) is 3.39. The largest absolute Gasteiger partial charge is 0.497 e. The van der Waals surface area contributed by atoms with Gasteiger partial charge in [0, 0.05) is 47.6 Å². The molecule has 1 N–H and O–H groups in total. The number of fused-ring (bicyclic) bond motifs is 2. The van der Waals surface area contributed by atoms with Crippen LogP contribution in [0.1, 0.15) is 22.3 Å². The number of ether oxygens (including phenoxy) is 3. The van der Waals surface area contributed by atoms with E-state index in [4.69, 9.17) is 14.2 Å². The molecule has 33 heavy (non-hydrogen) atoms. The monoisotopic (exact) mass is 446 g/mol. The fourth-order valence-corrected chi connectivity index (χ4v) is 4.31. The Morgan fingerprint density at radius 3 is 2.70 bits per heavy atom. The lowest BCUT2D eigenvalue weighted by Crippen LogP contribution is -2.17. The van der Waals surface area contributed by atoms with Gasteiger partial charge in [0.2, 0.25) is 0 Å². The van der Waals surface area contributed by atoms with Crippen LogP contribution in [-0.2, 0) is 22.7 Å². The van der Waals surface area contributed by atoms with E-state index in [1.54, 1.807) is 26.4 Å². The zero-order chi connectivity index (χ0) is 23.1. The molecule has 1 amide bonds. The van der Waals surface area contributed by atoms with E-state index >= 15 is 0 Å². The zero-order valence-corrected chi connectivity index (χ0v) is 18.6. The number of para-hydroxylation sites is 1. The van der Waals surface area contributed by atoms with E-state index in [9.17, 15) is 9.18 Å². The predicted octanol–water partition coefficient (Wildman–Crippen LogP) is 4.83. The van der Waals surface area contributed by atoms with Crippen molar-refractivity contribution in [1.29, 1.82) is 0 Å². The van der Waals surface area contributed by atoms with Crippen LogP contribution in [0.5, 0.6) is 11.5 Å². The van der Waals surface area contributed by atoms with Crippen molar-refractivity contribution in [3.05, 3.63) is 82.7 Å². The molecule has 0 radical (unpaired) electrons. The van der Waals surface area contributed by atoms with Crippen LogP contribution in [0.15, 0.2) is 54.6 Å². The first-order valence-corrected chi connectivity index (χ1v) is 10.5. The molecule has 2 heterocycles. The Balaban J connectivity index is 1.45. The van der Waals surface area contributed by atoms with Gasteiger partial charge < -0.3 is 24.4 Å². The molecule has 0 aliphatic carbocycles. The molecule has 5 rings (SSSR count). The van der Waals surface area contributed by atoms with Crippen LogP contribution in [0.2, 0.25) is 0 Å². The van der Waals surface area contributed by atoms with Gasteiger partial charge in [-0.3, -0.25) is 4.79 Å². The van der Waals surface area contributed by atoms with Crippen LogP contribution in [-0.4, -0.2) is 27.2 Å². The standard InChI is InChI=1S/C26H23FN2O4/c1-29(13-15-7-9-18(31-2)12-22(15)32-3)17-8-10-19-16(11-17)14-33-25(19)23-20-5-4-6-21(27)24(20)28-26(23)30/h4-12H,13-14H2,1-3H3,(H,28,30). The van der Waals surface area contributed by atoms with E-state index in [0.29, 0.717) is 30.0 Å². The van der Waals surface area contributed by atoms with Gasteiger partial charge in [-0.2, -0.15) is 0 Å². The van der Waals surface area contributed by atoms with Gasteiger partial charge in [-0.1, -0.05) is 12.1 Å². The number of methoxy groups -OCH3 is 2. The number of hydrogen-bond acceptors (Lipinski definition) is 5. The maximum atomic E-state index is 14.1. The summed E-state index contributed by atoms with van der Waals surface area (Å²) >= 11 is 0. The highest BCUT2D eigenvalue weighted by atomic mass is 19.1.